The quantitative estimate of drug-likeness (QED) is 0.115. The first kappa shape index (κ1) is 41.9. The Morgan fingerprint density at radius 1 is 0.955 bits per heavy atom. The van der Waals surface area contributed by atoms with Gasteiger partial charge in [-0.3, -0.25) is 13.9 Å². The van der Waals surface area contributed by atoms with Gasteiger partial charge in [0.15, 0.2) is 0 Å². The first-order valence-corrected chi connectivity index (χ1v) is 18.3. The molecule has 1 aliphatic carbocycles. The van der Waals surface area contributed by atoms with Crippen LogP contribution in [0, 0.1) is 23.7 Å². The first-order chi connectivity index (χ1) is 20.0. The van der Waals surface area contributed by atoms with E-state index in [1.807, 2.05) is 27.7 Å². The van der Waals surface area contributed by atoms with Crippen LogP contribution in [0.3, 0.4) is 0 Å². The lowest BCUT2D eigenvalue weighted by molar-refractivity contribution is -0.116. The van der Waals surface area contributed by atoms with Gasteiger partial charge >= 0.3 is 19.5 Å². The molecule has 1 fully saturated rings. The van der Waals surface area contributed by atoms with Crippen LogP contribution in [0.5, 0.6) is 0 Å². The van der Waals surface area contributed by atoms with E-state index in [1.165, 1.54) is 19.1 Å². The molecule has 0 spiro atoms. The van der Waals surface area contributed by atoms with Crippen molar-refractivity contribution in [3.8, 4) is 0 Å². The molecule has 0 heterocycles. The molecule has 0 saturated heterocycles. The van der Waals surface area contributed by atoms with E-state index in [-0.39, 0.29) is 53.8 Å². The van der Waals surface area contributed by atoms with Gasteiger partial charge in [-0.15, -0.1) is 0 Å². The number of nitrogens with one attached hydrogen (secondary N) is 1. The molecule has 14 heteroatoms. The number of Topliss-reactive ketones (excluding diaryl/α,β-unsaturated/α-hetero) is 1. The third kappa shape index (κ3) is 18.6. The number of carboxylic acid groups (broad SMARTS) is 2. The molecule has 0 radical (unpaired) electrons. The Morgan fingerprint density at radius 3 is 1.84 bits per heavy atom. The summed E-state index contributed by atoms with van der Waals surface area (Å²) < 4.78 is 39.2. The molecule has 0 amide bonds. The summed E-state index contributed by atoms with van der Waals surface area (Å²) in [4.78, 5) is 51.2. The van der Waals surface area contributed by atoms with Crippen LogP contribution in [0.1, 0.15) is 118 Å². The number of aromatic carboxylic acids is 2. The Morgan fingerprint density at radius 2 is 1.50 bits per heavy atom. The van der Waals surface area contributed by atoms with E-state index in [9.17, 15) is 32.5 Å². The number of benzene rings is 1. The van der Waals surface area contributed by atoms with E-state index in [2.05, 4.69) is 19.2 Å². The third-order valence-corrected chi connectivity index (χ3v) is 9.04. The van der Waals surface area contributed by atoms with Gasteiger partial charge in [0.25, 0.3) is 10.1 Å². The molecule has 2 rings (SSSR count). The van der Waals surface area contributed by atoms with Gasteiger partial charge in [0, 0.05) is 6.54 Å². The topological polar surface area (TPSA) is 216 Å². The van der Waals surface area contributed by atoms with Crippen molar-refractivity contribution in [2.45, 2.75) is 93.0 Å². The third-order valence-electron chi connectivity index (χ3n) is 7.29. The molecule has 0 atom stereocenters. The molecule has 12 nitrogen and oxygen atoms in total. The van der Waals surface area contributed by atoms with Gasteiger partial charge in [0.2, 0.25) is 0 Å². The SMILES string of the molecule is CC(=O)CNCc1cc(C(=O)O)cc(C(=O)O)c1C(C)C.CC(C)C1CCC(CP(=O)(O)O)CC1.CC(C)CCS(=O)(=O)O. The van der Waals surface area contributed by atoms with Crippen LogP contribution < -0.4 is 5.32 Å². The Kier molecular flexibility index (Phi) is 18.4. The molecule has 1 aromatic rings. The second-order valence-electron chi connectivity index (χ2n) is 12.5. The molecular formula is C30H52NO11PS. The van der Waals surface area contributed by atoms with E-state index < -0.39 is 29.7 Å². The van der Waals surface area contributed by atoms with E-state index >= 15 is 0 Å². The van der Waals surface area contributed by atoms with Crippen molar-refractivity contribution in [3.05, 3.63) is 34.4 Å². The van der Waals surface area contributed by atoms with Gasteiger partial charge in [0.05, 0.1) is 29.6 Å². The summed E-state index contributed by atoms with van der Waals surface area (Å²) in [6.45, 7) is 13.8. The summed E-state index contributed by atoms with van der Waals surface area (Å²) in [5.41, 5.74) is 1.09. The zero-order valence-corrected chi connectivity index (χ0v) is 28.7. The molecule has 254 valence electrons. The number of rotatable bonds is 13. The number of carbonyl (C=O) groups is 3. The first-order valence-electron chi connectivity index (χ1n) is 14.9. The maximum atomic E-state index is 11.4. The fourth-order valence-corrected chi connectivity index (χ4v) is 6.78. The van der Waals surface area contributed by atoms with Crippen molar-refractivity contribution >= 4 is 35.4 Å². The summed E-state index contributed by atoms with van der Waals surface area (Å²) in [6.07, 6.45) is 4.89. The molecule has 1 aromatic carbocycles. The van der Waals surface area contributed by atoms with Crippen LogP contribution in [0.25, 0.3) is 0 Å². The molecule has 1 aliphatic rings. The van der Waals surface area contributed by atoms with Crippen molar-refractivity contribution in [1.29, 1.82) is 0 Å². The Labute approximate surface area is 261 Å². The van der Waals surface area contributed by atoms with Crippen molar-refractivity contribution in [2.75, 3.05) is 18.5 Å². The maximum Gasteiger partial charge on any atom is 0.336 e. The number of carbonyl (C=O) groups excluding carboxylic acids is 1. The molecular weight excluding hydrogens is 613 g/mol. The summed E-state index contributed by atoms with van der Waals surface area (Å²) in [7, 11) is -7.50. The van der Waals surface area contributed by atoms with Crippen LogP contribution in [0.4, 0.5) is 0 Å². The van der Waals surface area contributed by atoms with Crippen LogP contribution in [0.2, 0.25) is 0 Å². The number of hydrogen-bond donors (Lipinski definition) is 6. The Bertz CT molecular complexity index is 1230. The van der Waals surface area contributed by atoms with Crippen molar-refractivity contribution in [3.63, 3.8) is 0 Å². The minimum atomic E-state index is -3.78. The zero-order chi connectivity index (χ0) is 34.4. The second kappa shape index (κ2) is 19.4. The fourth-order valence-electron chi connectivity index (χ4n) is 4.97. The average Bonchev–Trinajstić information content (AvgIpc) is 2.86. The maximum absolute atomic E-state index is 11.4. The highest BCUT2D eigenvalue weighted by Crippen LogP contribution is 2.43. The van der Waals surface area contributed by atoms with Crippen molar-refractivity contribution in [2.24, 2.45) is 23.7 Å². The van der Waals surface area contributed by atoms with E-state index in [4.69, 9.17) is 19.4 Å². The molecule has 6 N–H and O–H groups in total. The summed E-state index contributed by atoms with van der Waals surface area (Å²) in [6, 6.07) is 2.63. The van der Waals surface area contributed by atoms with E-state index in [0.717, 1.165) is 31.6 Å². The monoisotopic (exact) mass is 665 g/mol. The summed E-state index contributed by atoms with van der Waals surface area (Å²) in [5, 5.41) is 21.3. The average molecular weight is 666 g/mol. The van der Waals surface area contributed by atoms with Crippen LogP contribution in [-0.2, 0) is 26.0 Å². The normalized spacial score (nSPS) is 17.0. The standard InChI is InChI=1S/C15H19NO5.C10H21O3P.C5H12O3S/c1-8(2)13-11(7-16-6-9(3)17)4-10(14(18)19)5-12(13)15(20)21;1-8(2)10-5-3-9(4-6-10)7-14(11,12)13;1-5(2)3-4-9(6,7)8/h4-5,8,16H,6-7H2,1-3H3,(H,18,19)(H,20,21);8-10H,3-7H2,1-2H3,(H2,11,12,13);5H,3-4H2,1-2H3,(H,6,7,8). The van der Waals surface area contributed by atoms with Gasteiger partial charge in [-0.1, -0.05) is 41.5 Å². The lowest BCUT2D eigenvalue weighted by Crippen LogP contribution is -2.22. The minimum Gasteiger partial charge on any atom is -0.478 e. The number of carboxylic acids is 2. The Hall–Kier alpha value is -2.15. The molecule has 0 aromatic heterocycles. The van der Waals surface area contributed by atoms with Gasteiger partial charge < -0.3 is 25.3 Å². The minimum absolute atomic E-state index is 0.00970. The van der Waals surface area contributed by atoms with Crippen molar-refractivity contribution in [1.82, 2.24) is 5.32 Å². The number of hydrogen-bond acceptors (Lipinski definition) is 7. The zero-order valence-electron chi connectivity index (χ0n) is 26.9. The lowest BCUT2D eigenvalue weighted by Gasteiger charge is -2.30. The molecule has 0 unspecified atom stereocenters. The molecule has 44 heavy (non-hydrogen) atoms. The predicted molar refractivity (Wildman–Crippen MR) is 170 cm³/mol. The highest BCUT2D eigenvalue weighted by molar-refractivity contribution is 7.85. The lowest BCUT2D eigenvalue weighted by atomic mass is 9.77. The molecule has 1 saturated carbocycles. The highest BCUT2D eigenvalue weighted by Gasteiger charge is 2.28. The van der Waals surface area contributed by atoms with Gasteiger partial charge in [0.1, 0.15) is 5.78 Å². The smallest absolute Gasteiger partial charge is 0.336 e. The molecule has 0 aliphatic heterocycles. The van der Waals surface area contributed by atoms with Gasteiger partial charge in [-0.05, 0) is 91.9 Å². The van der Waals surface area contributed by atoms with Gasteiger partial charge in [-0.25, -0.2) is 9.59 Å². The van der Waals surface area contributed by atoms with Crippen LogP contribution in [-0.4, -0.2) is 69.2 Å². The summed E-state index contributed by atoms with van der Waals surface area (Å²) >= 11 is 0. The van der Waals surface area contributed by atoms with Gasteiger partial charge in [-0.2, -0.15) is 8.42 Å². The van der Waals surface area contributed by atoms with E-state index in [1.54, 1.807) is 0 Å². The highest BCUT2D eigenvalue weighted by atomic mass is 32.2. The fraction of sp³-hybridized carbons (Fsp3) is 0.700. The number of ketones is 1. The van der Waals surface area contributed by atoms with Crippen LogP contribution in [0.15, 0.2) is 12.1 Å². The second-order valence-corrected chi connectivity index (χ2v) is 15.8. The predicted octanol–water partition coefficient (Wildman–Crippen LogP) is 5.43. The largest absolute Gasteiger partial charge is 0.478 e. The summed E-state index contributed by atoms with van der Waals surface area (Å²) in [5.74, 6) is -0.519. The van der Waals surface area contributed by atoms with E-state index in [0.29, 0.717) is 29.4 Å². The van der Waals surface area contributed by atoms with Crippen LogP contribution >= 0.6 is 7.60 Å². The Balaban J connectivity index is 0.000000692. The van der Waals surface area contributed by atoms with Crippen molar-refractivity contribution < 1.29 is 51.9 Å². The molecule has 0 bridgehead atoms.